The Balaban J connectivity index is 1.92. The fraction of sp³-hybridized carbons (Fsp3) is 0.444. The molecule has 0 atom stereocenters. The lowest BCUT2D eigenvalue weighted by Crippen LogP contribution is -2.31. The summed E-state index contributed by atoms with van der Waals surface area (Å²) < 4.78 is 2.16. The Morgan fingerprint density at radius 2 is 2.14 bits per heavy atom. The maximum absolute atomic E-state index is 9.15. The molecular formula is C18H25N3O. The molecule has 1 aromatic heterocycles. The zero-order valence-electron chi connectivity index (χ0n) is 13.6. The van der Waals surface area contributed by atoms with Crippen molar-refractivity contribution in [3.8, 4) is 0 Å². The van der Waals surface area contributed by atoms with E-state index in [0.717, 1.165) is 31.7 Å². The number of nitrogens with one attached hydrogen (secondary N) is 1. The molecule has 3 rings (SSSR count). The van der Waals surface area contributed by atoms with Crippen molar-refractivity contribution < 1.29 is 5.21 Å². The maximum atomic E-state index is 9.15. The molecule has 1 aromatic carbocycles. The van der Waals surface area contributed by atoms with Gasteiger partial charge in [-0.15, -0.1) is 0 Å². The van der Waals surface area contributed by atoms with Crippen LogP contribution in [0, 0.1) is 5.92 Å². The van der Waals surface area contributed by atoms with E-state index >= 15 is 0 Å². The van der Waals surface area contributed by atoms with E-state index < -0.39 is 0 Å². The monoisotopic (exact) mass is 299 g/mol. The molecule has 118 valence electrons. The summed E-state index contributed by atoms with van der Waals surface area (Å²) in [5.74, 6) is 0.714. The van der Waals surface area contributed by atoms with Gasteiger partial charge in [-0.1, -0.05) is 19.9 Å². The predicted molar refractivity (Wildman–Crippen MR) is 92.2 cm³/mol. The predicted octanol–water partition coefficient (Wildman–Crippen LogP) is 3.72. The number of fused-ring (bicyclic) bond motifs is 1. The summed E-state index contributed by atoms with van der Waals surface area (Å²) in [5.41, 5.74) is 6.89. The lowest BCUT2D eigenvalue weighted by Gasteiger charge is -2.27. The van der Waals surface area contributed by atoms with E-state index in [2.05, 4.69) is 48.1 Å². The normalized spacial score (nSPS) is 16.3. The standard InChI is InChI=1S/C18H25N3O/c1-13(2)11-21-8-6-14(7-9-21)17-12-20(3)18-5-4-15(19-22)10-16(17)18/h4-6,10,12-13,19,22H,7-9,11H2,1-3H3. The van der Waals surface area contributed by atoms with Gasteiger partial charge in [0.25, 0.3) is 0 Å². The molecule has 2 heterocycles. The number of hydrogen-bond acceptors (Lipinski definition) is 3. The van der Waals surface area contributed by atoms with E-state index in [9.17, 15) is 0 Å². The van der Waals surface area contributed by atoms with E-state index in [1.165, 1.54) is 22.0 Å². The molecular weight excluding hydrogens is 274 g/mol. The minimum Gasteiger partial charge on any atom is -0.350 e. The Bertz CT molecular complexity index is 700. The van der Waals surface area contributed by atoms with E-state index in [1.807, 2.05) is 18.2 Å². The van der Waals surface area contributed by atoms with Crippen LogP contribution in [-0.4, -0.2) is 34.3 Å². The molecule has 0 fully saturated rings. The van der Waals surface area contributed by atoms with Crippen LogP contribution in [0.4, 0.5) is 5.69 Å². The van der Waals surface area contributed by atoms with Gasteiger partial charge < -0.3 is 4.57 Å². The van der Waals surface area contributed by atoms with Crippen molar-refractivity contribution in [1.82, 2.24) is 9.47 Å². The van der Waals surface area contributed by atoms with Gasteiger partial charge in [0.2, 0.25) is 0 Å². The number of anilines is 1. The first-order chi connectivity index (χ1) is 10.6. The molecule has 0 unspecified atom stereocenters. The van der Waals surface area contributed by atoms with Gasteiger partial charge in [0.1, 0.15) is 0 Å². The second-order valence-electron chi connectivity index (χ2n) is 6.63. The number of benzene rings is 1. The Labute approximate surface area is 132 Å². The molecule has 2 N–H and O–H groups in total. The van der Waals surface area contributed by atoms with Crippen molar-refractivity contribution in [1.29, 1.82) is 0 Å². The highest BCUT2D eigenvalue weighted by Gasteiger charge is 2.17. The highest BCUT2D eigenvalue weighted by atomic mass is 16.5. The molecule has 0 amide bonds. The average molecular weight is 299 g/mol. The van der Waals surface area contributed by atoms with Crippen molar-refractivity contribution in [3.63, 3.8) is 0 Å². The molecule has 0 spiro atoms. The van der Waals surface area contributed by atoms with Gasteiger partial charge in [0.15, 0.2) is 0 Å². The van der Waals surface area contributed by atoms with Crippen molar-refractivity contribution >= 4 is 22.2 Å². The lowest BCUT2D eigenvalue weighted by molar-refractivity contribution is 0.268. The van der Waals surface area contributed by atoms with Gasteiger partial charge >= 0.3 is 0 Å². The third kappa shape index (κ3) is 2.89. The number of aryl methyl sites for hydroxylation is 1. The summed E-state index contributed by atoms with van der Waals surface area (Å²) in [6, 6.07) is 5.96. The zero-order valence-corrected chi connectivity index (χ0v) is 13.6. The fourth-order valence-electron chi connectivity index (χ4n) is 3.36. The van der Waals surface area contributed by atoms with Crippen LogP contribution >= 0.6 is 0 Å². The molecule has 2 aromatic rings. The summed E-state index contributed by atoms with van der Waals surface area (Å²) in [6.07, 6.45) is 5.65. The van der Waals surface area contributed by atoms with E-state index in [0.29, 0.717) is 5.92 Å². The summed E-state index contributed by atoms with van der Waals surface area (Å²) in [4.78, 5) is 2.51. The van der Waals surface area contributed by atoms with Crippen LogP contribution in [-0.2, 0) is 7.05 Å². The third-order valence-corrected chi connectivity index (χ3v) is 4.38. The molecule has 4 heteroatoms. The summed E-state index contributed by atoms with van der Waals surface area (Å²) in [5, 5.41) is 10.3. The molecule has 1 aliphatic rings. The number of nitrogens with zero attached hydrogens (tertiary/aromatic N) is 2. The molecule has 1 aliphatic heterocycles. The fourth-order valence-corrected chi connectivity index (χ4v) is 3.36. The number of aromatic nitrogens is 1. The molecule has 0 saturated heterocycles. The van der Waals surface area contributed by atoms with Crippen LogP contribution in [0.3, 0.4) is 0 Å². The molecule has 0 radical (unpaired) electrons. The quantitative estimate of drug-likeness (QED) is 0.845. The Morgan fingerprint density at radius 1 is 1.32 bits per heavy atom. The average Bonchev–Trinajstić information content (AvgIpc) is 2.84. The Hall–Kier alpha value is -1.78. The second-order valence-corrected chi connectivity index (χ2v) is 6.63. The zero-order chi connectivity index (χ0) is 15.7. The van der Waals surface area contributed by atoms with Crippen LogP contribution in [0.2, 0.25) is 0 Å². The van der Waals surface area contributed by atoms with Crippen LogP contribution in [0.15, 0.2) is 30.5 Å². The lowest BCUT2D eigenvalue weighted by atomic mass is 9.98. The SMILES string of the molecule is CC(C)CN1CC=C(c2cn(C)c3ccc(NO)cc23)CC1. The highest BCUT2D eigenvalue weighted by Crippen LogP contribution is 2.32. The van der Waals surface area contributed by atoms with Gasteiger partial charge in [-0.05, 0) is 36.1 Å². The molecule has 0 aliphatic carbocycles. The van der Waals surface area contributed by atoms with Crippen LogP contribution < -0.4 is 5.48 Å². The van der Waals surface area contributed by atoms with Crippen LogP contribution in [0.25, 0.3) is 16.5 Å². The van der Waals surface area contributed by atoms with Crippen LogP contribution in [0.1, 0.15) is 25.8 Å². The summed E-state index contributed by atoms with van der Waals surface area (Å²) >= 11 is 0. The molecule has 0 bridgehead atoms. The maximum Gasteiger partial charge on any atom is 0.0609 e. The third-order valence-electron chi connectivity index (χ3n) is 4.38. The van der Waals surface area contributed by atoms with E-state index in [-0.39, 0.29) is 0 Å². The smallest absolute Gasteiger partial charge is 0.0609 e. The van der Waals surface area contributed by atoms with Crippen molar-refractivity contribution in [2.24, 2.45) is 13.0 Å². The van der Waals surface area contributed by atoms with Crippen molar-refractivity contribution in [2.75, 3.05) is 25.1 Å². The number of hydrogen-bond donors (Lipinski definition) is 2. The molecule has 4 nitrogen and oxygen atoms in total. The van der Waals surface area contributed by atoms with Crippen molar-refractivity contribution in [3.05, 3.63) is 36.0 Å². The first kappa shape index (κ1) is 15.1. The van der Waals surface area contributed by atoms with E-state index in [4.69, 9.17) is 5.21 Å². The molecule has 0 saturated carbocycles. The van der Waals surface area contributed by atoms with Gasteiger partial charge in [0.05, 0.1) is 5.69 Å². The number of rotatable bonds is 4. The molecule has 22 heavy (non-hydrogen) atoms. The van der Waals surface area contributed by atoms with Gasteiger partial charge in [-0.2, -0.15) is 0 Å². The minimum atomic E-state index is 0.714. The first-order valence-corrected chi connectivity index (χ1v) is 7.99. The van der Waals surface area contributed by atoms with Crippen molar-refractivity contribution in [2.45, 2.75) is 20.3 Å². The van der Waals surface area contributed by atoms with Gasteiger partial charge in [-0.3, -0.25) is 15.6 Å². The second kappa shape index (κ2) is 6.15. The first-order valence-electron chi connectivity index (χ1n) is 7.99. The highest BCUT2D eigenvalue weighted by molar-refractivity contribution is 5.95. The Kier molecular flexibility index (Phi) is 4.23. The van der Waals surface area contributed by atoms with Gasteiger partial charge in [-0.25, -0.2) is 0 Å². The summed E-state index contributed by atoms with van der Waals surface area (Å²) in [6.45, 7) is 7.86. The van der Waals surface area contributed by atoms with Gasteiger partial charge in [0, 0.05) is 49.3 Å². The van der Waals surface area contributed by atoms with Crippen LogP contribution in [0.5, 0.6) is 0 Å². The van der Waals surface area contributed by atoms with E-state index in [1.54, 1.807) is 0 Å². The topological polar surface area (TPSA) is 40.4 Å². The summed E-state index contributed by atoms with van der Waals surface area (Å²) in [7, 11) is 2.08. The Morgan fingerprint density at radius 3 is 2.77 bits per heavy atom. The minimum absolute atomic E-state index is 0.714. The largest absolute Gasteiger partial charge is 0.350 e.